The van der Waals surface area contributed by atoms with Gasteiger partial charge in [-0.3, -0.25) is 9.36 Å². The molecule has 0 aromatic carbocycles. The van der Waals surface area contributed by atoms with Gasteiger partial charge in [-0.2, -0.15) is 0 Å². The van der Waals surface area contributed by atoms with Crippen molar-refractivity contribution in [3.63, 3.8) is 0 Å². The van der Waals surface area contributed by atoms with Crippen molar-refractivity contribution in [3.05, 3.63) is 60.8 Å². The number of amides is 1. The van der Waals surface area contributed by atoms with Gasteiger partial charge in [0.25, 0.3) is 7.82 Å². The molecule has 10 heteroatoms. The second-order valence-electron chi connectivity index (χ2n) is 15.2. The second-order valence-corrected chi connectivity index (χ2v) is 16.6. The number of carbonyl (C=O) groups is 1. The van der Waals surface area contributed by atoms with Gasteiger partial charge in [-0.05, 0) is 57.8 Å². The topological polar surface area (TPSA) is 128 Å². The highest BCUT2D eigenvalue weighted by atomic mass is 31.2. The average molecular weight is 767 g/mol. The number of aliphatic hydroxyl groups is 2. The number of quaternary nitrogens is 1. The Kier molecular flexibility index (Phi) is 33.4. The van der Waals surface area contributed by atoms with Gasteiger partial charge in [0.2, 0.25) is 5.91 Å². The second kappa shape index (κ2) is 34.6. The SMILES string of the molecule is CCCCCCCCCCCCC/C=C/[C@@H](O)[C@H](COP(=O)([O-])OCC[N+](C)(C)C)NC(=O)CCC/C=C\C/C=C\C/C=C\C/C=C\CC(O)CCC. The first-order valence-electron chi connectivity index (χ1n) is 20.7. The first-order chi connectivity index (χ1) is 25.4. The molecule has 0 heterocycles. The van der Waals surface area contributed by atoms with E-state index in [9.17, 15) is 24.5 Å². The van der Waals surface area contributed by atoms with Crippen molar-refractivity contribution < 1.29 is 38.0 Å². The molecule has 0 spiro atoms. The van der Waals surface area contributed by atoms with Crippen molar-refractivity contribution in [3.8, 4) is 0 Å². The summed E-state index contributed by atoms with van der Waals surface area (Å²) in [5, 5.41) is 23.4. The Bertz CT molecular complexity index is 1070. The van der Waals surface area contributed by atoms with Crippen LogP contribution in [0.1, 0.15) is 149 Å². The van der Waals surface area contributed by atoms with Crippen LogP contribution >= 0.6 is 7.82 Å². The summed E-state index contributed by atoms with van der Waals surface area (Å²) in [4.78, 5) is 25.2. The molecule has 0 aliphatic carbocycles. The molecule has 0 aliphatic rings. The van der Waals surface area contributed by atoms with Crippen LogP contribution in [-0.4, -0.2) is 79.8 Å². The fraction of sp³-hybridized carbons (Fsp3) is 0.744. The van der Waals surface area contributed by atoms with Gasteiger partial charge in [0.05, 0.1) is 46.0 Å². The molecule has 0 saturated carbocycles. The zero-order valence-corrected chi connectivity index (χ0v) is 35.2. The van der Waals surface area contributed by atoms with Gasteiger partial charge in [-0.1, -0.05) is 145 Å². The average Bonchev–Trinajstić information content (AvgIpc) is 3.09. The summed E-state index contributed by atoms with van der Waals surface area (Å²) in [7, 11) is 1.19. The molecule has 0 saturated heterocycles. The van der Waals surface area contributed by atoms with Crippen LogP contribution in [0.2, 0.25) is 0 Å². The Hall–Kier alpha value is -1.84. The van der Waals surface area contributed by atoms with Gasteiger partial charge < -0.3 is 34.0 Å². The summed E-state index contributed by atoms with van der Waals surface area (Å²) >= 11 is 0. The summed E-state index contributed by atoms with van der Waals surface area (Å²) in [6.07, 6.45) is 40.4. The number of phosphoric acid groups is 1. The van der Waals surface area contributed by atoms with Crippen molar-refractivity contribution in [1.29, 1.82) is 0 Å². The van der Waals surface area contributed by atoms with Crippen molar-refractivity contribution >= 4 is 13.7 Å². The van der Waals surface area contributed by atoms with Gasteiger partial charge in [0, 0.05) is 6.42 Å². The van der Waals surface area contributed by atoms with Crippen LogP contribution in [0.25, 0.3) is 0 Å². The minimum absolute atomic E-state index is 0.0206. The smallest absolute Gasteiger partial charge is 0.268 e. The molecule has 2 unspecified atom stereocenters. The number of aliphatic hydroxyl groups excluding tert-OH is 2. The monoisotopic (exact) mass is 767 g/mol. The van der Waals surface area contributed by atoms with E-state index in [1.54, 1.807) is 6.08 Å². The highest BCUT2D eigenvalue weighted by molar-refractivity contribution is 7.45. The third kappa shape index (κ3) is 36.9. The van der Waals surface area contributed by atoms with Crippen molar-refractivity contribution in [1.82, 2.24) is 5.32 Å². The Labute approximate surface area is 324 Å². The van der Waals surface area contributed by atoms with Gasteiger partial charge >= 0.3 is 0 Å². The molecule has 0 aliphatic heterocycles. The number of nitrogens with one attached hydrogen (secondary N) is 1. The third-order valence-corrected chi connectivity index (χ3v) is 9.74. The normalized spacial score (nSPS) is 15.7. The van der Waals surface area contributed by atoms with Gasteiger partial charge in [0.1, 0.15) is 13.2 Å². The predicted octanol–water partition coefficient (Wildman–Crippen LogP) is 9.41. The van der Waals surface area contributed by atoms with Crippen LogP contribution in [0.4, 0.5) is 0 Å². The molecule has 0 rings (SSSR count). The fourth-order valence-electron chi connectivity index (χ4n) is 5.45. The minimum Gasteiger partial charge on any atom is -0.756 e. The molecule has 4 atom stereocenters. The van der Waals surface area contributed by atoms with Crippen LogP contribution < -0.4 is 10.2 Å². The maximum atomic E-state index is 12.8. The molecule has 0 aromatic heterocycles. The number of hydrogen-bond donors (Lipinski definition) is 3. The lowest BCUT2D eigenvalue weighted by Crippen LogP contribution is -2.45. The Balaban J connectivity index is 4.62. The van der Waals surface area contributed by atoms with E-state index in [0.29, 0.717) is 23.9 Å². The zero-order chi connectivity index (χ0) is 39.5. The number of unbranched alkanes of at least 4 members (excludes halogenated alkanes) is 12. The zero-order valence-electron chi connectivity index (χ0n) is 34.3. The maximum absolute atomic E-state index is 12.8. The van der Waals surface area contributed by atoms with E-state index in [0.717, 1.165) is 57.8 Å². The lowest BCUT2D eigenvalue weighted by molar-refractivity contribution is -0.870. The number of hydrogen-bond acceptors (Lipinski definition) is 7. The van der Waals surface area contributed by atoms with Crippen LogP contribution in [0.15, 0.2) is 60.8 Å². The molecular weight excluding hydrogens is 687 g/mol. The van der Waals surface area contributed by atoms with Gasteiger partial charge in [-0.15, -0.1) is 0 Å². The molecular formula is C43H79N2O7P. The number of phosphoric ester groups is 1. The van der Waals surface area contributed by atoms with Crippen molar-refractivity contribution in [2.24, 2.45) is 0 Å². The minimum atomic E-state index is -4.61. The molecule has 308 valence electrons. The first-order valence-corrected chi connectivity index (χ1v) is 22.2. The summed E-state index contributed by atoms with van der Waals surface area (Å²) in [5.41, 5.74) is 0. The number of nitrogens with zero attached hydrogens (tertiary/aromatic N) is 1. The molecule has 0 aromatic rings. The van der Waals surface area contributed by atoms with E-state index >= 15 is 0 Å². The number of carbonyl (C=O) groups excluding carboxylic acids is 1. The quantitative estimate of drug-likeness (QED) is 0.0251. The third-order valence-electron chi connectivity index (χ3n) is 8.78. The molecule has 53 heavy (non-hydrogen) atoms. The van der Waals surface area contributed by atoms with Crippen molar-refractivity contribution in [2.45, 2.75) is 167 Å². The highest BCUT2D eigenvalue weighted by Gasteiger charge is 2.23. The molecule has 9 nitrogen and oxygen atoms in total. The Morgan fingerprint density at radius 1 is 0.717 bits per heavy atom. The van der Waals surface area contributed by atoms with Crippen LogP contribution in [0.5, 0.6) is 0 Å². The molecule has 3 N–H and O–H groups in total. The maximum Gasteiger partial charge on any atom is 0.268 e. The summed E-state index contributed by atoms with van der Waals surface area (Å²) in [6.45, 7) is 4.37. The number of allylic oxidation sites excluding steroid dienone is 8. The molecule has 1 amide bonds. The standard InChI is InChI=1S/C43H79N2O7P/c1-6-8-9-10-11-12-13-15-19-22-25-28-31-35-42(47)41(39-52-53(49,50)51-38-37-45(3,4)5)44-43(48)36-32-29-26-23-20-17-14-16-18-21-24-27-30-34-40(46)33-7-2/h14,17-18,21,23,26-27,30-31,35,40-42,46-47H,6-13,15-16,19-20,22,24-25,28-29,32-34,36-39H2,1-5H3,(H-,44,48,49,50)/b17-14-,21-18-,26-23-,30-27-,35-31+/t40?,41-,42+/m0/s1. The van der Waals surface area contributed by atoms with Crippen LogP contribution in [-0.2, 0) is 18.4 Å². The van der Waals surface area contributed by atoms with Gasteiger partial charge in [0.15, 0.2) is 0 Å². The van der Waals surface area contributed by atoms with Crippen LogP contribution in [0, 0.1) is 0 Å². The predicted molar refractivity (Wildman–Crippen MR) is 220 cm³/mol. The molecule has 0 bridgehead atoms. The van der Waals surface area contributed by atoms with E-state index in [1.165, 1.54) is 57.8 Å². The molecule has 0 fully saturated rings. The van der Waals surface area contributed by atoms with E-state index < -0.39 is 26.6 Å². The Morgan fingerprint density at radius 2 is 1.25 bits per heavy atom. The fourth-order valence-corrected chi connectivity index (χ4v) is 6.17. The molecule has 0 radical (unpaired) electrons. The largest absolute Gasteiger partial charge is 0.756 e. The summed E-state index contributed by atoms with van der Waals surface area (Å²) < 4.78 is 23.1. The van der Waals surface area contributed by atoms with E-state index in [-0.39, 0.29) is 25.0 Å². The van der Waals surface area contributed by atoms with Crippen molar-refractivity contribution in [2.75, 3.05) is 40.9 Å². The van der Waals surface area contributed by atoms with E-state index in [2.05, 4.69) is 61.7 Å². The highest BCUT2D eigenvalue weighted by Crippen LogP contribution is 2.38. The summed E-state index contributed by atoms with van der Waals surface area (Å²) in [6, 6.07) is -0.926. The van der Waals surface area contributed by atoms with E-state index in [4.69, 9.17) is 9.05 Å². The Morgan fingerprint density at radius 3 is 1.81 bits per heavy atom. The lowest BCUT2D eigenvalue weighted by atomic mass is 10.0. The first kappa shape index (κ1) is 51.2. The number of rotatable bonds is 36. The number of likely N-dealkylation sites (N-methyl/N-ethyl adjacent to an activating group) is 1. The lowest BCUT2D eigenvalue weighted by Gasteiger charge is -2.29. The summed E-state index contributed by atoms with van der Waals surface area (Å²) in [5.74, 6) is -0.268. The van der Waals surface area contributed by atoms with E-state index in [1.807, 2.05) is 33.3 Å². The van der Waals surface area contributed by atoms with Gasteiger partial charge in [-0.25, -0.2) is 0 Å². The van der Waals surface area contributed by atoms with Crippen LogP contribution in [0.3, 0.4) is 0 Å².